The Morgan fingerprint density at radius 2 is 1.93 bits per heavy atom. The maximum absolute atomic E-state index is 5.71. The second kappa shape index (κ2) is 4.11. The van der Waals surface area contributed by atoms with Crippen LogP contribution in [0.4, 0.5) is 0 Å². The van der Waals surface area contributed by atoms with Gasteiger partial charge in [-0.3, -0.25) is 0 Å². The fourth-order valence-electron chi connectivity index (χ4n) is 1.81. The molecular formula is C12H16O2. The van der Waals surface area contributed by atoms with Gasteiger partial charge in [0.05, 0.1) is 6.10 Å². The fourth-order valence-corrected chi connectivity index (χ4v) is 1.81. The van der Waals surface area contributed by atoms with Crippen LogP contribution in [-0.2, 0) is 9.47 Å². The van der Waals surface area contributed by atoms with Crippen molar-refractivity contribution in [3.05, 3.63) is 35.4 Å². The Labute approximate surface area is 84.8 Å². The molecule has 2 atom stereocenters. The van der Waals surface area contributed by atoms with E-state index in [2.05, 4.69) is 31.2 Å². The highest BCUT2D eigenvalue weighted by atomic mass is 16.7. The summed E-state index contributed by atoms with van der Waals surface area (Å²) in [6.07, 6.45) is 2.26. The van der Waals surface area contributed by atoms with Crippen molar-refractivity contribution in [1.29, 1.82) is 0 Å². The van der Waals surface area contributed by atoms with Crippen molar-refractivity contribution in [3.63, 3.8) is 0 Å². The molecule has 2 unspecified atom stereocenters. The van der Waals surface area contributed by atoms with Gasteiger partial charge in [-0.2, -0.15) is 0 Å². The smallest absolute Gasteiger partial charge is 0.158 e. The zero-order valence-corrected chi connectivity index (χ0v) is 8.69. The predicted octanol–water partition coefficient (Wildman–Crippen LogP) is 2.82. The second-order valence-corrected chi connectivity index (χ2v) is 3.78. The number of benzene rings is 1. The molecule has 1 saturated heterocycles. The normalized spacial score (nSPS) is 26.7. The molecule has 1 aromatic carbocycles. The van der Waals surface area contributed by atoms with Gasteiger partial charge in [0.25, 0.3) is 0 Å². The molecule has 1 aliphatic rings. The van der Waals surface area contributed by atoms with Crippen LogP contribution in [0.3, 0.4) is 0 Å². The quantitative estimate of drug-likeness (QED) is 0.717. The number of hydrogen-bond acceptors (Lipinski definition) is 2. The van der Waals surface area contributed by atoms with Crippen LogP contribution >= 0.6 is 0 Å². The molecule has 2 nitrogen and oxygen atoms in total. The van der Waals surface area contributed by atoms with E-state index in [1.165, 1.54) is 11.1 Å². The summed E-state index contributed by atoms with van der Waals surface area (Å²) >= 11 is 0. The summed E-state index contributed by atoms with van der Waals surface area (Å²) < 4.78 is 10.9. The van der Waals surface area contributed by atoms with Gasteiger partial charge in [-0.05, 0) is 18.9 Å². The third-order valence-electron chi connectivity index (χ3n) is 2.69. The molecule has 1 fully saturated rings. The van der Waals surface area contributed by atoms with Gasteiger partial charge in [0.1, 0.15) is 0 Å². The van der Waals surface area contributed by atoms with Crippen LogP contribution in [-0.4, -0.2) is 13.4 Å². The molecule has 0 aromatic heterocycles. The molecule has 1 aromatic rings. The molecule has 0 radical (unpaired) electrons. The first-order chi connectivity index (χ1) is 6.79. The van der Waals surface area contributed by atoms with Crippen LogP contribution in [0, 0.1) is 6.92 Å². The van der Waals surface area contributed by atoms with Gasteiger partial charge in [-0.15, -0.1) is 0 Å². The summed E-state index contributed by atoms with van der Waals surface area (Å²) in [6.45, 7) is 2.09. The Bertz CT molecular complexity index is 292. The second-order valence-electron chi connectivity index (χ2n) is 3.78. The Kier molecular flexibility index (Phi) is 2.85. The highest BCUT2D eigenvalue weighted by Crippen LogP contribution is 2.32. The van der Waals surface area contributed by atoms with Crippen molar-refractivity contribution < 1.29 is 9.47 Å². The van der Waals surface area contributed by atoms with E-state index >= 15 is 0 Å². The third-order valence-corrected chi connectivity index (χ3v) is 2.69. The molecule has 0 spiro atoms. The minimum atomic E-state index is -0.0127. The largest absolute Gasteiger partial charge is 0.356 e. The number of hydrogen-bond donors (Lipinski definition) is 0. The molecule has 0 bridgehead atoms. The average Bonchev–Trinajstić information content (AvgIpc) is 2.67. The highest BCUT2D eigenvalue weighted by Gasteiger charge is 2.25. The molecule has 0 aliphatic carbocycles. The lowest BCUT2D eigenvalue weighted by molar-refractivity contribution is -0.115. The first-order valence-electron chi connectivity index (χ1n) is 5.04. The lowest BCUT2D eigenvalue weighted by Crippen LogP contribution is -2.08. The van der Waals surface area contributed by atoms with E-state index < -0.39 is 0 Å². The molecule has 0 saturated carbocycles. The van der Waals surface area contributed by atoms with Gasteiger partial charge in [0.2, 0.25) is 0 Å². The summed E-state index contributed by atoms with van der Waals surface area (Å²) in [6, 6.07) is 8.52. The van der Waals surface area contributed by atoms with Crippen molar-refractivity contribution in [1.82, 2.24) is 0 Å². The Hall–Kier alpha value is -0.860. The summed E-state index contributed by atoms with van der Waals surface area (Å²) in [5.74, 6) is 0. The number of ether oxygens (including phenoxy) is 2. The minimum Gasteiger partial charge on any atom is -0.356 e. The molecule has 2 heteroatoms. The molecule has 1 heterocycles. The van der Waals surface area contributed by atoms with Crippen molar-refractivity contribution in [3.8, 4) is 0 Å². The van der Waals surface area contributed by atoms with Gasteiger partial charge in [0, 0.05) is 13.5 Å². The minimum absolute atomic E-state index is 0.0127. The van der Waals surface area contributed by atoms with Crippen LogP contribution in [0.15, 0.2) is 24.3 Å². The van der Waals surface area contributed by atoms with Crippen LogP contribution < -0.4 is 0 Å². The van der Waals surface area contributed by atoms with Gasteiger partial charge >= 0.3 is 0 Å². The van der Waals surface area contributed by atoms with Crippen molar-refractivity contribution >= 4 is 0 Å². The van der Waals surface area contributed by atoms with Crippen molar-refractivity contribution in [2.45, 2.75) is 32.2 Å². The van der Waals surface area contributed by atoms with Gasteiger partial charge in [-0.1, -0.05) is 29.8 Å². The Morgan fingerprint density at radius 3 is 2.50 bits per heavy atom. The standard InChI is InChI=1S/C12H16O2/c1-9-3-5-10(6-4-9)11-7-8-12(13-2)14-11/h3-6,11-12H,7-8H2,1-2H3. The lowest BCUT2D eigenvalue weighted by atomic mass is 10.1. The van der Waals surface area contributed by atoms with Crippen molar-refractivity contribution in [2.75, 3.05) is 7.11 Å². The molecule has 76 valence electrons. The van der Waals surface area contributed by atoms with Crippen molar-refractivity contribution in [2.24, 2.45) is 0 Å². The van der Waals surface area contributed by atoms with Gasteiger partial charge in [0.15, 0.2) is 6.29 Å². The van der Waals surface area contributed by atoms with E-state index in [0.717, 1.165) is 12.8 Å². The van der Waals surface area contributed by atoms with Crippen LogP contribution in [0.2, 0.25) is 0 Å². The number of aryl methyl sites for hydroxylation is 1. The maximum Gasteiger partial charge on any atom is 0.158 e. The molecule has 2 rings (SSSR count). The van der Waals surface area contributed by atoms with Crippen LogP contribution in [0.5, 0.6) is 0 Å². The number of methoxy groups -OCH3 is 1. The summed E-state index contributed by atoms with van der Waals surface area (Å²) in [5, 5.41) is 0. The predicted molar refractivity (Wildman–Crippen MR) is 55.0 cm³/mol. The number of rotatable bonds is 2. The van der Waals surface area contributed by atoms with E-state index in [1.54, 1.807) is 7.11 Å². The monoisotopic (exact) mass is 192 g/mol. The maximum atomic E-state index is 5.71. The van der Waals surface area contributed by atoms with E-state index in [1.807, 2.05) is 0 Å². The van der Waals surface area contributed by atoms with Crippen LogP contribution in [0.1, 0.15) is 30.1 Å². The van der Waals surface area contributed by atoms with Gasteiger partial charge < -0.3 is 9.47 Å². The molecular weight excluding hydrogens is 176 g/mol. The topological polar surface area (TPSA) is 18.5 Å². The van der Waals surface area contributed by atoms with E-state index in [-0.39, 0.29) is 12.4 Å². The first kappa shape index (κ1) is 9.69. The zero-order valence-electron chi connectivity index (χ0n) is 8.69. The Morgan fingerprint density at radius 1 is 1.21 bits per heavy atom. The summed E-state index contributed by atoms with van der Waals surface area (Å²) in [5.41, 5.74) is 2.55. The Balaban J connectivity index is 2.06. The van der Waals surface area contributed by atoms with E-state index in [0.29, 0.717) is 0 Å². The first-order valence-corrected chi connectivity index (χ1v) is 5.04. The zero-order chi connectivity index (χ0) is 9.97. The van der Waals surface area contributed by atoms with Gasteiger partial charge in [-0.25, -0.2) is 0 Å². The SMILES string of the molecule is COC1CCC(c2ccc(C)cc2)O1. The van der Waals surface area contributed by atoms with Crippen LogP contribution in [0.25, 0.3) is 0 Å². The third kappa shape index (κ3) is 1.97. The lowest BCUT2D eigenvalue weighted by Gasteiger charge is -2.12. The molecule has 14 heavy (non-hydrogen) atoms. The fraction of sp³-hybridized carbons (Fsp3) is 0.500. The summed E-state index contributed by atoms with van der Waals surface area (Å²) in [4.78, 5) is 0. The van der Waals surface area contributed by atoms with E-state index in [4.69, 9.17) is 9.47 Å². The molecule has 0 amide bonds. The highest BCUT2D eigenvalue weighted by molar-refractivity contribution is 5.23. The van der Waals surface area contributed by atoms with E-state index in [9.17, 15) is 0 Å². The molecule has 1 aliphatic heterocycles. The average molecular weight is 192 g/mol. The summed E-state index contributed by atoms with van der Waals surface area (Å²) in [7, 11) is 1.70. The molecule has 0 N–H and O–H groups in total.